The molecule has 0 spiro atoms. The molecule has 1 aliphatic rings. The van der Waals surface area contributed by atoms with Crippen LogP contribution in [-0.4, -0.2) is 35.1 Å². The average molecular weight is 213 g/mol. The Bertz CT molecular complexity index is 206. The van der Waals surface area contributed by atoms with Crippen molar-refractivity contribution in [3.63, 3.8) is 0 Å². The first-order chi connectivity index (χ1) is 7.15. The number of piperidine rings is 1. The van der Waals surface area contributed by atoms with Crippen molar-refractivity contribution in [2.24, 2.45) is 5.92 Å². The second kappa shape index (κ2) is 6.11. The molecular formula is C12H23NO2. The molecule has 0 bridgehead atoms. The van der Waals surface area contributed by atoms with Crippen LogP contribution in [0.5, 0.6) is 0 Å². The summed E-state index contributed by atoms with van der Waals surface area (Å²) >= 11 is 0. The molecule has 1 rings (SSSR count). The van der Waals surface area contributed by atoms with Crippen LogP contribution in [0.25, 0.3) is 0 Å². The van der Waals surface area contributed by atoms with Gasteiger partial charge in [0.2, 0.25) is 0 Å². The monoisotopic (exact) mass is 213 g/mol. The molecule has 1 heterocycles. The lowest BCUT2D eigenvalue weighted by Crippen LogP contribution is -2.45. The van der Waals surface area contributed by atoms with E-state index in [1.807, 2.05) is 0 Å². The van der Waals surface area contributed by atoms with Crippen molar-refractivity contribution >= 4 is 5.97 Å². The third-order valence-corrected chi connectivity index (χ3v) is 3.43. The predicted octanol–water partition coefficient (Wildman–Crippen LogP) is 2.36. The zero-order valence-electron chi connectivity index (χ0n) is 9.91. The largest absolute Gasteiger partial charge is 0.481 e. The van der Waals surface area contributed by atoms with Crippen molar-refractivity contribution in [3.8, 4) is 0 Å². The molecule has 0 radical (unpaired) electrons. The molecular weight excluding hydrogens is 190 g/mol. The third kappa shape index (κ3) is 3.82. The van der Waals surface area contributed by atoms with Gasteiger partial charge in [-0.15, -0.1) is 0 Å². The summed E-state index contributed by atoms with van der Waals surface area (Å²) in [5.74, 6) is 0.0518. The maximum Gasteiger partial charge on any atom is 0.304 e. The highest BCUT2D eigenvalue weighted by Crippen LogP contribution is 2.26. The smallest absolute Gasteiger partial charge is 0.304 e. The summed E-state index contributed by atoms with van der Waals surface area (Å²) in [6.07, 6.45) is 5.21. The second-order valence-corrected chi connectivity index (χ2v) is 4.66. The molecule has 0 amide bonds. The Morgan fingerprint density at radius 1 is 1.53 bits per heavy atom. The zero-order valence-corrected chi connectivity index (χ0v) is 9.91. The summed E-state index contributed by atoms with van der Waals surface area (Å²) in [4.78, 5) is 12.9. The van der Waals surface area contributed by atoms with Gasteiger partial charge in [-0.2, -0.15) is 0 Å². The highest BCUT2D eigenvalue weighted by Gasteiger charge is 2.27. The van der Waals surface area contributed by atoms with Crippen LogP contribution in [-0.2, 0) is 4.79 Å². The number of hydrogen-bond acceptors (Lipinski definition) is 2. The fourth-order valence-corrected chi connectivity index (χ4v) is 2.61. The van der Waals surface area contributed by atoms with Crippen LogP contribution in [0.15, 0.2) is 0 Å². The van der Waals surface area contributed by atoms with Gasteiger partial charge < -0.3 is 5.11 Å². The van der Waals surface area contributed by atoms with E-state index in [0.717, 1.165) is 19.0 Å². The van der Waals surface area contributed by atoms with Gasteiger partial charge in [-0.1, -0.05) is 20.3 Å². The topological polar surface area (TPSA) is 40.5 Å². The van der Waals surface area contributed by atoms with Crippen molar-refractivity contribution in [1.82, 2.24) is 4.90 Å². The van der Waals surface area contributed by atoms with Gasteiger partial charge in [-0.05, 0) is 31.7 Å². The Morgan fingerprint density at radius 2 is 2.27 bits per heavy atom. The summed E-state index contributed by atoms with van der Waals surface area (Å²) < 4.78 is 0. The van der Waals surface area contributed by atoms with Crippen molar-refractivity contribution in [2.45, 2.75) is 52.0 Å². The lowest BCUT2D eigenvalue weighted by atomic mass is 9.88. The Hall–Kier alpha value is -0.570. The lowest BCUT2D eigenvalue weighted by molar-refractivity contribution is -0.137. The van der Waals surface area contributed by atoms with Crippen LogP contribution in [0.1, 0.15) is 46.0 Å². The Kier molecular flexibility index (Phi) is 5.09. The van der Waals surface area contributed by atoms with Crippen LogP contribution in [0.2, 0.25) is 0 Å². The van der Waals surface area contributed by atoms with Crippen LogP contribution < -0.4 is 0 Å². The summed E-state index contributed by atoms with van der Waals surface area (Å²) in [5.41, 5.74) is 0. The molecule has 1 fully saturated rings. The minimum absolute atomic E-state index is 0.285. The van der Waals surface area contributed by atoms with Gasteiger partial charge in [0, 0.05) is 12.6 Å². The molecule has 0 aromatic carbocycles. The first-order valence-electron chi connectivity index (χ1n) is 6.11. The van der Waals surface area contributed by atoms with Crippen LogP contribution >= 0.6 is 0 Å². The zero-order chi connectivity index (χ0) is 11.3. The first-order valence-corrected chi connectivity index (χ1v) is 6.11. The number of aliphatic carboxylic acids is 1. The van der Waals surface area contributed by atoms with Crippen molar-refractivity contribution in [3.05, 3.63) is 0 Å². The standard InChI is InChI=1S/C12H23NO2/c1-3-5-11-10(2)6-4-8-13(11)9-7-12(14)15/h10-11H,3-9H2,1-2H3,(H,14,15). The maximum atomic E-state index is 10.6. The van der Waals surface area contributed by atoms with Crippen molar-refractivity contribution in [2.75, 3.05) is 13.1 Å². The van der Waals surface area contributed by atoms with Gasteiger partial charge in [0.15, 0.2) is 0 Å². The molecule has 0 saturated carbocycles. The third-order valence-electron chi connectivity index (χ3n) is 3.43. The number of carboxylic acids is 1. The number of rotatable bonds is 5. The van der Waals surface area contributed by atoms with Crippen LogP contribution in [0.4, 0.5) is 0 Å². The normalized spacial score (nSPS) is 27.9. The van der Waals surface area contributed by atoms with Crippen molar-refractivity contribution < 1.29 is 9.90 Å². The summed E-state index contributed by atoms with van der Waals surface area (Å²) in [5, 5.41) is 8.70. The molecule has 1 N–H and O–H groups in total. The van der Waals surface area contributed by atoms with Gasteiger partial charge in [-0.3, -0.25) is 9.69 Å². The molecule has 1 saturated heterocycles. The fraction of sp³-hybridized carbons (Fsp3) is 0.917. The number of nitrogens with zero attached hydrogens (tertiary/aromatic N) is 1. The molecule has 1 aliphatic heterocycles. The highest BCUT2D eigenvalue weighted by atomic mass is 16.4. The molecule has 3 heteroatoms. The van der Waals surface area contributed by atoms with E-state index in [1.54, 1.807) is 0 Å². The Labute approximate surface area is 92.5 Å². The lowest BCUT2D eigenvalue weighted by Gasteiger charge is -2.40. The first kappa shape index (κ1) is 12.5. The van der Waals surface area contributed by atoms with E-state index in [9.17, 15) is 4.79 Å². The van der Waals surface area contributed by atoms with Gasteiger partial charge >= 0.3 is 5.97 Å². The summed E-state index contributed by atoms with van der Waals surface area (Å²) in [6.45, 7) is 6.32. The van der Waals surface area contributed by atoms with E-state index in [4.69, 9.17) is 5.11 Å². The number of hydrogen-bond donors (Lipinski definition) is 1. The number of carboxylic acid groups (broad SMARTS) is 1. The minimum Gasteiger partial charge on any atom is -0.481 e. The van der Waals surface area contributed by atoms with E-state index in [0.29, 0.717) is 6.04 Å². The molecule has 2 unspecified atom stereocenters. The van der Waals surface area contributed by atoms with E-state index in [2.05, 4.69) is 18.7 Å². The Morgan fingerprint density at radius 3 is 2.87 bits per heavy atom. The summed E-state index contributed by atoms with van der Waals surface area (Å²) in [7, 11) is 0. The maximum absolute atomic E-state index is 10.6. The van der Waals surface area contributed by atoms with Crippen LogP contribution in [0.3, 0.4) is 0 Å². The SMILES string of the molecule is CCCC1C(C)CCCN1CCC(=O)O. The Balaban J connectivity index is 2.46. The highest BCUT2D eigenvalue weighted by molar-refractivity contribution is 5.66. The minimum atomic E-state index is -0.677. The van der Waals surface area contributed by atoms with E-state index in [1.165, 1.54) is 25.7 Å². The van der Waals surface area contributed by atoms with Gasteiger partial charge in [0.05, 0.1) is 6.42 Å². The van der Waals surface area contributed by atoms with E-state index >= 15 is 0 Å². The second-order valence-electron chi connectivity index (χ2n) is 4.66. The van der Waals surface area contributed by atoms with Gasteiger partial charge in [-0.25, -0.2) is 0 Å². The molecule has 2 atom stereocenters. The molecule has 0 aliphatic carbocycles. The molecule has 0 aromatic rings. The average Bonchev–Trinajstić information content (AvgIpc) is 2.19. The van der Waals surface area contributed by atoms with E-state index in [-0.39, 0.29) is 6.42 Å². The number of carbonyl (C=O) groups is 1. The predicted molar refractivity (Wildman–Crippen MR) is 60.9 cm³/mol. The van der Waals surface area contributed by atoms with Gasteiger partial charge in [0.25, 0.3) is 0 Å². The molecule has 15 heavy (non-hydrogen) atoms. The quantitative estimate of drug-likeness (QED) is 0.762. The molecule has 88 valence electrons. The molecule has 0 aromatic heterocycles. The van der Waals surface area contributed by atoms with Crippen molar-refractivity contribution in [1.29, 1.82) is 0 Å². The summed E-state index contributed by atoms with van der Waals surface area (Å²) in [6, 6.07) is 0.614. The molecule has 3 nitrogen and oxygen atoms in total. The van der Waals surface area contributed by atoms with Crippen LogP contribution in [0, 0.1) is 5.92 Å². The van der Waals surface area contributed by atoms with Gasteiger partial charge in [0.1, 0.15) is 0 Å². The fourth-order valence-electron chi connectivity index (χ4n) is 2.61. The van der Waals surface area contributed by atoms with E-state index < -0.39 is 5.97 Å². The number of likely N-dealkylation sites (tertiary alicyclic amines) is 1.